The summed E-state index contributed by atoms with van der Waals surface area (Å²) in [5.41, 5.74) is 5.96. The number of benzene rings is 1. The maximum absolute atomic E-state index is 11.8. The first-order valence-corrected chi connectivity index (χ1v) is 5.90. The molecule has 1 heterocycles. The quantitative estimate of drug-likeness (QED) is 0.868. The van der Waals surface area contributed by atoms with Crippen LogP contribution in [0.25, 0.3) is 0 Å². The van der Waals surface area contributed by atoms with Crippen molar-refractivity contribution in [3.63, 3.8) is 0 Å². The Bertz CT molecular complexity index is 394. The molecule has 1 aliphatic heterocycles. The number of hydrogen-bond donors (Lipinski definition) is 1. The highest BCUT2D eigenvalue weighted by molar-refractivity contribution is 5.90. The zero-order valence-corrected chi connectivity index (χ0v) is 10.1. The van der Waals surface area contributed by atoms with E-state index in [0.29, 0.717) is 13.1 Å². The van der Waals surface area contributed by atoms with Crippen LogP contribution < -0.4 is 10.6 Å². The Balaban J connectivity index is 2.10. The molecule has 1 saturated heterocycles. The Morgan fingerprint density at radius 3 is 2.76 bits per heavy atom. The number of hydrogen-bond acceptors (Lipinski definition) is 3. The number of rotatable bonds is 4. The molecule has 0 saturated carbocycles. The second-order valence-electron chi connectivity index (χ2n) is 4.63. The van der Waals surface area contributed by atoms with Crippen molar-refractivity contribution < 1.29 is 9.53 Å². The van der Waals surface area contributed by atoms with Crippen LogP contribution in [0.2, 0.25) is 0 Å². The Labute approximate surface area is 101 Å². The zero-order valence-electron chi connectivity index (χ0n) is 10.1. The van der Waals surface area contributed by atoms with Crippen molar-refractivity contribution in [3.8, 4) is 0 Å². The van der Waals surface area contributed by atoms with Crippen LogP contribution in [-0.4, -0.2) is 24.8 Å². The lowest BCUT2D eigenvalue weighted by molar-refractivity contribution is 0.0640. The van der Waals surface area contributed by atoms with E-state index in [0.717, 1.165) is 18.5 Å². The minimum atomic E-state index is -0.410. The Kier molecular flexibility index (Phi) is 3.33. The Hall–Kier alpha value is -1.55. The molecule has 1 aromatic carbocycles. The highest BCUT2D eigenvalue weighted by atomic mass is 16.6. The van der Waals surface area contributed by atoms with Crippen LogP contribution in [0, 0.1) is 0 Å². The topological polar surface area (TPSA) is 55.6 Å². The summed E-state index contributed by atoms with van der Waals surface area (Å²) in [4.78, 5) is 13.5. The molecule has 1 aliphatic rings. The van der Waals surface area contributed by atoms with Crippen LogP contribution in [0.3, 0.4) is 0 Å². The molecule has 0 bridgehead atoms. The zero-order chi connectivity index (χ0) is 12.3. The maximum Gasteiger partial charge on any atom is 0.415 e. The van der Waals surface area contributed by atoms with Gasteiger partial charge in [-0.2, -0.15) is 0 Å². The lowest BCUT2D eigenvalue weighted by Gasteiger charge is -2.21. The molecule has 17 heavy (non-hydrogen) atoms. The Morgan fingerprint density at radius 2 is 2.12 bits per heavy atom. The molecular formula is C13H18N2O2. The fraction of sp³-hybridized carbons (Fsp3) is 0.462. The number of cyclic esters (lactones) is 1. The average Bonchev–Trinajstić information content (AvgIpc) is 2.64. The van der Waals surface area contributed by atoms with E-state index in [1.165, 1.54) is 0 Å². The van der Waals surface area contributed by atoms with E-state index >= 15 is 0 Å². The first-order chi connectivity index (χ1) is 8.14. The van der Waals surface area contributed by atoms with Gasteiger partial charge in [-0.15, -0.1) is 0 Å². The lowest BCUT2D eigenvalue weighted by atomic mass is 10.00. The molecule has 92 valence electrons. The predicted molar refractivity (Wildman–Crippen MR) is 67.0 cm³/mol. The summed E-state index contributed by atoms with van der Waals surface area (Å²) in [5.74, 6) is 0. The standard InChI is InChI=1S/C13H18N2O2/c1-13(8-5-9-14)10-15(12(16)17-13)11-6-3-2-4-7-11/h2-4,6-7H,5,8-10,14H2,1H3. The van der Waals surface area contributed by atoms with Crippen LogP contribution >= 0.6 is 0 Å². The predicted octanol–water partition coefficient (Wildman–Crippen LogP) is 2.14. The molecule has 0 spiro atoms. The number of carbonyl (C=O) groups is 1. The van der Waals surface area contributed by atoms with Crippen LogP contribution in [0.4, 0.5) is 10.5 Å². The molecule has 1 fully saturated rings. The third-order valence-corrected chi connectivity index (χ3v) is 3.02. The molecule has 0 radical (unpaired) electrons. The summed E-state index contributed by atoms with van der Waals surface area (Å²) in [6, 6.07) is 9.58. The SMILES string of the molecule is CC1(CCCN)CN(c2ccccc2)C(=O)O1. The van der Waals surface area contributed by atoms with Crippen molar-refractivity contribution in [2.75, 3.05) is 18.0 Å². The van der Waals surface area contributed by atoms with E-state index in [1.807, 2.05) is 37.3 Å². The number of nitrogens with two attached hydrogens (primary N) is 1. The van der Waals surface area contributed by atoms with Crippen molar-refractivity contribution >= 4 is 11.8 Å². The summed E-state index contributed by atoms with van der Waals surface area (Å²) in [6.45, 7) is 3.18. The second kappa shape index (κ2) is 4.75. The van der Waals surface area contributed by atoms with E-state index in [2.05, 4.69) is 0 Å². The van der Waals surface area contributed by atoms with Gasteiger partial charge < -0.3 is 10.5 Å². The molecule has 2 N–H and O–H groups in total. The number of para-hydroxylation sites is 1. The van der Waals surface area contributed by atoms with Crippen LogP contribution in [0.5, 0.6) is 0 Å². The van der Waals surface area contributed by atoms with Gasteiger partial charge in [0.1, 0.15) is 5.60 Å². The van der Waals surface area contributed by atoms with E-state index in [1.54, 1.807) is 4.90 Å². The monoisotopic (exact) mass is 234 g/mol. The van der Waals surface area contributed by atoms with Gasteiger partial charge in [-0.1, -0.05) is 18.2 Å². The third-order valence-electron chi connectivity index (χ3n) is 3.02. The highest BCUT2D eigenvalue weighted by Gasteiger charge is 2.41. The second-order valence-corrected chi connectivity index (χ2v) is 4.63. The molecular weight excluding hydrogens is 216 g/mol. The molecule has 1 aromatic rings. The Morgan fingerprint density at radius 1 is 1.41 bits per heavy atom. The molecule has 4 nitrogen and oxygen atoms in total. The first-order valence-electron chi connectivity index (χ1n) is 5.90. The number of carbonyl (C=O) groups excluding carboxylic acids is 1. The van der Waals surface area contributed by atoms with Gasteiger partial charge in [0.25, 0.3) is 0 Å². The number of nitrogens with zero attached hydrogens (tertiary/aromatic N) is 1. The first kappa shape index (κ1) is 11.9. The van der Waals surface area contributed by atoms with Crippen LogP contribution in [0.15, 0.2) is 30.3 Å². The minimum absolute atomic E-state index is 0.268. The van der Waals surface area contributed by atoms with E-state index in [9.17, 15) is 4.79 Å². The molecule has 4 heteroatoms. The number of amides is 1. The number of ether oxygens (including phenoxy) is 1. The van der Waals surface area contributed by atoms with Crippen molar-refractivity contribution in [1.29, 1.82) is 0 Å². The number of anilines is 1. The van der Waals surface area contributed by atoms with Gasteiger partial charge in [0.2, 0.25) is 0 Å². The van der Waals surface area contributed by atoms with Gasteiger partial charge in [-0.3, -0.25) is 4.90 Å². The summed E-state index contributed by atoms with van der Waals surface area (Å²) in [6.07, 6.45) is 1.40. The average molecular weight is 234 g/mol. The van der Waals surface area contributed by atoms with Crippen molar-refractivity contribution in [2.45, 2.75) is 25.4 Å². The van der Waals surface area contributed by atoms with E-state index < -0.39 is 5.60 Å². The summed E-state index contributed by atoms with van der Waals surface area (Å²) < 4.78 is 5.45. The van der Waals surface area contributed by atoms with Crippen molar-refractivity contribution in [3.05, 3.63) is 30.3 Å². The van der Waals surface area contributed by atoms with E-state index in [-0.39, 0.29) is 6.09 Å². The highest BCUT2D eigenvalue weighted by Crippen LogP contribution is 2.30. The molecule has 1 amide bonds. The van der Waals surface area contributed by atoms with Gasteiger partial charge in [-0.05, 0) is 38.4 Å². The summed E-state index contributed by atoms with van der Waals surface area (Å²) in [7, 11) is 0. The third kappa shape index (κ3) is 2.58. The molecule has 0 aliphatic carbocycles. The normalized spacial score (nSPS) is 23.9. The van der Waals surface area contributed by atoms with E-state index in [4.69, 9.17) is 10.5 Å². The summed E-state index contributed by atoms with van der Waals surface area (Å²) in [5, 5.41) is 0. The summed E-state index contributed by atoms with van der Waals surface area (Å²) >= 11 is 0. The largest absolute Gasteiger partial charge is 0.441 e. The molecule has 2 rings (SSSR count). The van der Waals surface area contributed by atoms with Gasteiger partial charge in [-0.25, -0.2) is 4.79 Å². The van der Waals surface area contributed by atoms with Crippen LogP contribution in [-0.2, 0) is 4.74 Å². The van der Waals surface area contributed by atoms with Gasteiger partial charge in [0, 0.05) is 5.69 Å². The molecule has 1 atom stereocenters. The lowest BCUT2D eigenvalue weighted by Crippen LogP contribution is -2.31. The molecule has 0 aromatic heterocycles. The minimum Gasteiger partial charge on any atom is -0.441 e. The maximum atomic E-state index is 11.8. The van der Waals surface area contributed by atoms with Crippen molar-refractivity contribution in [2.24, 2.45) is 5.73 Å². The van der Waals surface area contributed by atoms with Crippen LogP contribution in [0.1, 0.15) is 19.8 Å². The fourth-order valence-corrected chi connectivity index (χ4v) is 2.11. The smallest absolute Gasteiger partial charge is 0.415 e. The fourth-order valence-electron chi connectivity index (χ4n) is 2.11. The van der Waals surface area contributed by atoms with Gasteiger partial charge in [0.05, 0.1) is 6.54 Å². The van der Waals surface area contributed by atoms with Gasteiger partial charge in [0.15, 0.2) is 0 Å². The van der Waals surface area contributed by atoms with Gasteiger partial charge >= 0.3 is 6.09 Å². The molecule has 1 unspecified atom stereocenters. The van der Waals surface area contributed by atoms with Crippen molar-refractivity contribution in [1.82, 2.24) is 0 Å².